The van der Waals surface area contributed by atoms with Crippen molar-refractivity contribution in [2.75, 3.05) is 0 Å². The molecule has 2 aromatic rings. The van der Waals surface area contributed by atoms with Crippen LogP contribution >= 0.6 is 0 Å². The Bertz CT molecular complexity index is 495. The Kier molecular flexibility index (Phi) is 5.82. The van der Waals surface area contributed by atoms with E-state index in [9.17, 15) is 0 Å². The number of benzene rings is 2. The summed E-state index contributed by atoms with van der Waals surface area (Å²) in [6.45, 7) is 12.7. The second-order valence-corrected chi connectivity index (χ2v) is 5.04. The highest BCUT2D eigenvalue weighted by Gasteiger charge is 2.04. The molecule has 0 spiro atoms. The van der Waals surface area contributed by atoms with Crippen molar-refractivity contribution in [3.8, 4) is 0 Å². The predicted octanol–water partition coefficient (Wildman–Crippen LogP) is 5.54. The first-order chi connectivity index (χ1) is 9.06. The van der Waals surface area contributed by atoms with Crippen LogP contribution in [-0.2, 0) is 6.42 Å². The third-order valence-electron chi connectivity index (χ3n) is 3.31. The maximum absolute atomic E-state index is 2.29. The molecule has 0 saturated carbocycles. The molecule has 102 valence electrons. The van der Waals surface area contributed by atoms with Crippen molar-refractivity contribution in [2.24, 2.45) is 0 Å². The lowest BCUT2D eigenvalue weighted by atomic mass is 9.94. The molecule has 0 radical (unpaired) electrons. The third-order valence-corrected chi connectivity index (χ3v) is 3.31. The smallest absolute Gasteiger partial charge is 0.00203 e. The van der Waals surface area contributed by atoms with E-state index in [1.165, 1.54) is 33.4 Å². The Hall–Kier alpha value is -1.56. The van der Waals surface area contributed by atoms with Gasteiger partial charge in [-0.2, -0.15) is 0 Å². The molecule has 0 bridgehead atoms. The van der Waals surface area contributed by atoms with Crippen LogP contribution in [0.4, 0.5) is 0 Å². The Balaban J connectivity index is 0.000000861. The molecule has 0 aliphatic rings. The van der Waals surface area contributed by atoms with Gasteiger partial charge in [-0.1, -0.05) is 61.4 Å². The van der Waals surface area contributed by atoms with Crippen molar-refractivity contribution in [2.45, 2.75) is 48.0 Å². The van der Waals surface area contributed by atoms with Gasteiger partial charge < -0.3 is 0 Å². The first kappa shape index (κ1) is 15.5. The summed E-state index contributed by atoms with van der Waals surface area (Å²) in [5.74, 6) is 0. The second-order valence-electron chi connectivity index (χ2n) is 5.04. The van der Waals surface area contributed by atoms with Gasteiger partial charge in [-0.05, 0) is 56.4 Å². The van der Waals surface area contributed by atoms with Crippen molar-refractivity contribution < 1.29 is 0 Å². The van der Waals surface area contributed by atoms with Gasteiger partial charge in [0.15, 0.2) is 0 Å². The lowest BCUT2D eigenvalue weighted by molar-refractivity contribution is 1.11. The topological polar surface area (TPSA) is 0 Å². The monoisotopic (exact) mass is 254 g/mol. The number of rotatable bonds is 2. The van der Waals surface area contributed by atoms with E-state index in [1.807, 2.05) is 13.8 Å². The van der Waals surface area contributed by atoms with Gasteiger partial charge in [0.25, 0.3) is 0 Å². The van der Waals surface area contributed by atoms with Gasteiger partial charge in [0.05, 0.1) is 0 Å². The van der Waals surface area contributed by atoms with E-state index in [1.54, 1.807) is 0 Å². The van der Waals surface area contributed by atoms with Crippen molar-refractivity contribution in [3.63, 3.8) is 0 Å². The lowest BCUT2D eigenvalue weighted by Crippen LogP contribution is -1.96. The van der Waals surface area contributed by atoms with Crippen LogP contribution in [0.25, 0.3) is 0 Å². The van der Waals surface area contributed by atoms with Crippen molar-refractivity contribution >= 4 is 0 Å². The molecule has 0 amide bonds. The molecule has 0 heteroatoms. The van der Waals surface area contributed by atoms with Gasteiger partial charge in [-0.15, -0.1) is 0 Å². The molecular formula is C19H26. The fourth-order valence-corrected chi connectivity index (χ4v) is 2.50. The van der Waals surface area contributed by atoms with Gasteiger partial charge in [-0.3, -0.25) is 0 Å². The van der Waals surface area contributed by atoms with E-state index in [-0.39, 0.29) is 0 Å². The zero-order valence-corrected chi connectivity index (χ0v) is 13.2. The molecule has 0 unspecified atom stereocenters. The van der Waals surface area contributed by atoms with Crippen LogP contribution in [0.3, 0.4) is 0 Å². The molecule has 0 aliphatic carbocycles. The van der Waals surface area contributed by atoms with Crippen LogP contribution in [0.15, 0.2) is 36.4 Å². The van der Waals surface area contributed by atoms with Crippen LogP contribution in [-0.4, -0.2) is 0 Å². The van der Waals surface area contributed by atoms with Gasteiger partial charge in [0.1, 0.15) is 0 Å². The second kappa shape index (κ2) is 7.13. The first-order valence-corrected chi connectivity index (χ1v) is 7.18. The molecule has 0 N–H and O–H groups in total. The molecule has 0 saturated heterocycles. The fraction of sp³-hybridized carbons (Fsp3) is 0.368. The van der Waals surface area contributed by atoms with Crippen LogP contribution in [0.5, 0.6) is 0 Å². The minimum atomic E-state index is 1.04. The molecule has 2 aromatic carbocycles. The van der Waals surface area contributed by atoms with Gasteiger partial charge in [0, 0.05) is 0 Å². The zero-order valence-electron chi connectivity index (χ0n) is 13.2. The van der Waals surface area contributed by atoms with Crippen LogP contribution in [0, 0.1) is 27.7 Å². The van der Waals surface area contributed by atoms with E-state index in [0.717, 1.165) is 6.42 Å². The Morgan fingerprint density at radius 1 is 0.737 bits per heavy atom. The molecule has 0 atom stereocenters. The largest absolute Gasteiger partial charge is 0.0683 e. The first-order valence-electron chi connectivity index (χ1n) is 7.18. The van der Waals surface area contributed by atoms with Crippen LogP contribution < -0.4 is 0 Å². The number of hydrogen-bond acceptors (Lipinski definition) is 0. The highest BCUT2D eigenvalue weighted by Crippen LogP contribution is 2.19. The Morgan fingerprint density at radius 3 is 1.68 bits per heavy atom. The minimum absolute atomic E-state index is 1.04. The summed E-state index contributed by atoms with van der Waals surface area (Å²) < 4.78 is 0. The highest BCUT2D eigenvalue weighted by molar-refractivity contribution is 5.39. The third kappa shape index (κ3) is 4.24. The van der Waals surface area contributed by atoms with E-state index in [2.05, 4.69) is 64.1 Å². The number of hydrogen-bond donors (Lipinski definition) is 0. The van der Waals surface area contributed by atoms with Crippen molar-refractivity contribution in [3.05, 3.63) is 69.8 Å². The fourth-order valence-electron chi connectivity index (χ4n) is 2.50. The molecule has 0 aliphatic heterocycles. The average molecular weight is 254 g/mol. The van der Waals surface area contributed by atoms with E-state index in [4.69, 9.17) is 0 Å². The Labute approximate surface area is 118 Å². The van der Waals surface area contributed by atoms with E-state index in [0.29, 0.717) is 0 Å². The predicted molar refractivity (Wildman–Crippen MR) is 86.0 cm³/mol. The van der Waals surface area contributed by atoms with Gasteiger partial charge in [-0.25, -0.2) is 0 Å². The minimum Gasteiger partial charge on any atom is -0.0683 e. The summed E-state index contributed by atoms with van der Waals surface area (Å²) >= 11 is 0. The van der Waals surface area contributed by atoms with Crippen molar-refractivity contribution in [1.82, 2.24) is 0 Å². The molecular weight excluding hydrogens is 228 g/mol. The molecule has 0 heterocycles. The molecule has 0 nitrogen and oxygen atoms in total. The quantitative estimate of drug-likeness (QED) is 0.660. The van der Waals surface area contributed by atoms with Gasteiger partial charge >= 0.3 is 0 Å². The van der Waals surface area contributed by atoms with Gasteiger partial charge in [0.2, 0.25) is 0 Å². The summed E-state index contributed by atoms with van der Waals surface area (Å²) in [5, 5.41) is 0. The van der Waals surface area contributed by atoms with Crippen LogP contribution in [0.1, 0.15) is 47.2 Å². The summed E-state index contributed by atoms with van der Waals surface area (Å²) in [7, 11) is 0. The summed E-state index contributed by atoms with van der Waals surface area (Å²) in [5.41, 5.74) is 8.38. The summed E-state index contributed by atoms with van der Waals surface area (Å²) in [6.07, 6.45) is 1.04. The maximum Gasteiger partial charge on any atom is -0.00203 e. The number of aryl methyl sites for hydroxylation is 4. The SMILES string of the molecule is CC.Cc1cc(C)cc(Cc2c(C)cccc2C)c1. The molecule has 0 aromatic heterocycles. The zero-order chi connectivity index (χ0) is 14.4. The summed E-state index contributed by atoms with van der Waals surface area (Å²) in [6, 6.07) is 13.3. The average Bonchev–Trinajstić information content (AvgIpc) is 2.35. The summed E-state index contributed by atoms with van der Waals surface area (Å²) in [4.78, 5) is 0. The highest BCUT2D eigenvalue weighted by atomic mass is 14.1. The lowest BCUT2D eigenvalue weighted by Gasteiger charge is -2.11. The standard InChI is InChI=1S/C17H20.C2H6/c1-12-8-13(2)10-16(9-12)11-17-14(3)6-5-7-15(17)4;1-2/h5-10H,11H2,1-4H3;1-2H3. The van der Waals surface area contributed by atoms with E-state index >= 15 is 0 Å². The maximum atomic E-state index is 2.29. The molecule has 0 fully saturated rings. The van der Waals surface area contributed by atoms with E-state index < -0.39 is 0 Å². The van der Waals surface area contributed by atoms with Crippen LogP contribution in [0.2, 0.25) is 0 Å². The normalized spacial score (nSPS) is 9.79. The molecule has 19 heavy (non-hydrogen) atoms. The Morgan fingerprint density at radius 2 is 1.21 bits per heavy atom. The van der Waals surface area contributed by atoms with Crippen molar-refractivity contribution in [1.29, 1.82) is 0 Å². The molecule has 2 rings (SSSR count).